The zero-order valence-corrected chi connectivity index (χ0v) is 7.73. The van der Waals surface area contributed by atoms with Crippen LogP contribution in [0.2, 0.25) is 0 Å². The second kappa shape index (κ2) is 3.21. The van der Waals surface area contributed by atoms with Gasteiger partial charge < -0.3 is 4.90 Å². The Hall–Kier alpha value is -1.31. The van der Waals surface area contributed by atoms with Crippen LogP contribution in [0.15, 0.2) is 30.3 Å². The third kappa shape index (κ3) is 1.44. The molecule has 1 amide bonds. The zero-order valence-electron chi connectivity index (χ0n) is 7.73. The van der Waals surface area contributed by atoms with Gasteiger partial charge in [0.25, 0.3) is 0 Å². The van der Waals surface area contributed by atoms with Crippen molar-refractivity contribution < 1.29 is 4.79 Å². The molecule has 0 unspecified atom stereocenters. The normalized spacial score (nSPS) is 22.4. The SMILES string of the molecule is C[C@H]1CCN(c2ccccc2)C1=O. The van der Waals surface area contributed by atoms with Gasteiger partial charge in [-0.05, 0) is 18.6 Å². The molecule has 0 saturated carbocycles. The first-order chi connectivity index (χ1) is 6.29. The summed E-state index contributed by atoms with van der Waals surface area (Å²) >= 11 is 0. The quantitative estimate of drug-likeness (QED) is 0.639. The van der Waals surface area contributed by atoms with E-state index in [-0.39, 0.29) is 11.8 Å². The monoisotopic (exact) mass is 175 g/mol. The van der Waals surface area contributed by atoms with Crippen LogP contribution >= 0.6 is 0 Å². The third-order valence-electron chi connectivity index (χ3n) is 2.54. The molecular formula is C11H13NO. The van der Waals surface area contributed by atoms with Gasteiger partial charge in [0.2, 0.25) is 5.91 Å². The molecule has 2 rings (SSSR count). The van der Waals surface area contributed by atoms with Crippen molar-refractivity contribution in [3.8, 4) is 0 Å². The Kier molecular flexibility index (Phi) is 2.05. The minimum absolute atomic E-state index is 0.195. The fourth-order valence-electron chi connectivity index (χ4n) is 1.69. The number of anilines is 1. The van der Waals surface area contributed by atoms with Crippen LogP contribution in [0.4, 0.5) is 5.69 Å². The molecule has 1 aliphatic heterocycles. The molecule has 1 aliphatic rings. The molecule has 1 fully saturated rings. The predicted octanol–water partition coefficient (Wildman–Crippen LogP) is 2.06. The van der Waals surface area contributed by atoms with Gasteiger partial charge in [-0.1, -0.05) is 25.1 Å². The maximum atomic E-state index is 11.6. The van der Waals surface area contributed by atoms with Crippen molar-refractivity contribution >= 4 is 11.6 Å². The van der Waals surface area contributed by atoms with Gasteiger partial charge in [-0.25, -0.2) is 0 Å². The fraction of sp³-hybridized carbons (Fsp3) is 0.364. The number of amides is 1. The third-order valence-corrected chi connectivity index (χ3v) is 2.54. The lowest BCUT2D eigenvalue weighted by molar-refractivity contribution is -0.119. The Bertz CT molecular complexity index is 307. The highest BCUT2D eigenvalue weighted by Gasteiger charge is 2.28. The van der Waals surface area contributed by atoms with Gasteiger partial charge in [-0.3, -0.25) is 4.79 Å². The first-order valence-corrected chi connectivity index (χ1v) is 4.65. The molecule has 0 bridgehead atoms. The van der Waals surface area contributed by atoms with Crippen molar-refractivity contribution in [1.82, 2.24) is 0 Å². The number of hydrogen-bond acceptors (Lipinski definition) is 1. The smallest absolute Gasteiger partial charge is 0.229 e. The molecule has 1 aromatic rings. The van der Waals surface area contributed by atoms with Gasteiger partial charge in [0.15, 0.2) is 0 Å². The zero-order chi connectivity index (χ0) is 9.26. The van der Waals surface area contributed by atoms with Gasteiger partial charge in [0, 0.05) is 18.2 Å². The van der Waals surface area contributed by atoms with E-state index in [0.717, 1.165) is 18.7 Å². The first kappa shape index (κ1) is 8.30. The number of rotatable bonds is 1. The lowest BCUT2D eigenvalue weighted by atomic mass is 10.1. The summed E-state index contributed by atoms with van der Waals surface area (Å²) in [6, 6.07) is 9.86. The summed E-state index contributed by atoms with van der Waals surface area (Å²) in [5.41, 5.74) is 1.02. The highest BCUT2D eigenvalue weighted by atomic mass is 16.2. The average molecular weight is 175 g/mol. The van der Waals surface area contributed by atoms with E-state index in [1.54, 1.807) is 0 Å². The Morgan fingerprint density at radius 2 is 2.00 bits per heavy atom. The van der Waals surface area contributed by atoms with Gasteiger partial charge in [-0.2, -0.15) is 0 Å². The number of carbonyl (C=O) groups is 1. The molecule has 0 aromatic heterocycles. The molecule has 1 heterocycles. The summed E-state index contributed by atoms with van der Waals surface area (Å²) in [5.74, 6) is 0.450. The van der Waals surface area contributed by atoms with Gasteiger partial charge >= 0.3 is 0 Å². The summed E-state index contributed by atoms with van der Waals surface area (Å²) in [7, 11) is 0. The van der Waals surface area contributed by atoms with E-state index in [1.165, 1.54) is 0 Å². The van der Waals surface area contributed by atoms with Crippen LogP contribution < -0.4 is 4.90 Å². The summed E-state index contributed by atoms with van der Waals surface area (Å²) in [4.78, 5) is 13.5. The minimum Gasteiger partial charge on any atom is -0.312 e. The van der Waals surface area contributed by atoms with Gasteiger partial charge in [0.1, 0.15) is 0 Å². The molecule has 0 aliphatic carbocycles. The highest BCUT2D eigenvalue weighted by Crippen LogP contribution is 2.23. The number of carbonyl (C=O) groups excluding carboxylic acids is 1. The average Bonchev–Trinajstić information content (AvgIpc) is 2.49. The lowest BCUT2D eigenvalue weighted by Gasteiger charge is -2.15. The molecule has 0 radical (unpaired) electrons. The summed E-state index contributed by atoms with van der Waals surface area (Å²) < 4.78 is 0. The molecule has 2 nitrogen and oxygen atoms in total. The first-order valence-electron chi connectivity index (χ1n) is 4.65. The second-order valence-corrected chi connectivity index (χ2v) is 3.52. The predicted molar refractivity (Wildman–Crippen MR) is 52.6 cm³/mol. The van der Waals surface area contributed by atoms with E-state index in [0.29, 0.717) is 0 Å². The van der Waals surface area contributed by atoms with Crippen LogP contribution in [-0.2, 0) is 4.79 Å². The van der Waals surface area contributed by atoms with E-state index in [2.05, 4.69) is 0 Å². The van der Waals surface area contributed by atoms with E-state index in [4.69, 9.17) is 0 Å². The highest BCUT2D eigenvalue weighted by molar-refractivity contribution is 5.96. The maximum Gasteiger partial charge on any atom is 0.229 e. The standard InChI is InChI=1S/C11H13NO/c1-9-7-8-12(11(9)13)10-5-3-2-4-6-10/h2-6,9H,7-8H2,1H3/t9-/m0/s1. The van der Waals surface area contributed by atoms with Crippen LogP contribution in [0.25, 0.3) is 0 Å². The summed E-state index contributed by atoms with van der Waals surface area (Å²) in [6.07, 6.45) is 0.980. The van der Waals surface area contributed by atoms with Crippen LogP contribution in [0.1, 0.15) is 13.3 Å². The van der Waals surface area contributed by atoms with Crippen molar-refractivity contribution in [3.05, 3.63) is 30.3 Å². The molecule has 1 aromatic carbocycles. The van der Waals surface area contributed by atoms with Crippen molar-refractivity contribution in [2.75, 3.05) is 11.4 Å². The largest absolute Gasteiger partial charge is 0.312 e. The molecule has 2 heteroatoms. The Morgan fingerprint density at radius 1 is 1.31 bits per heavy atom. The van der Waals surface area contributed by atoms with E-state index in [9.17, 15) is 4.79 Å². The molecule has 0 spiro atoms. The topological polar surface area (TPSA) is 20.3 Å². The number of benzene rings is 1. The second-order valence-electron chi connectivity index (χ2n) is 3.52. The Balaban J connectivity index is 2.24. The van der Waals surface area contributed by atoms with Crippen molar-refractivity contribution in [2.45, 2.75) is 13.3 Å². The molecule has 1 atom stereocenters. The van der Waals surface area contributed by atoms with Crippen LogP contribution in [-0.4, -0.2) is 12.5 Å². The maximum absolute atomic E-state index is 11.6. The van der Waals surface area contributed by atoms with E-state index >= 15 is 0 Å². The van der Waals surface area contributed by atoms with Crippen molar-refractivity contribution in [1.29, 1.82) is 0 Å². The van der Waals surface area contributed by atoms with Gasteiger partial charge in [0.05, 0.1) is 0 Å². The van der Waals surface area contributed by atoms with E-state index < -0.39 is 0 Å². The number of nitrogens with zero attached hydrogens (tertiary/aromatic N) is 1. The molecule has 13 heavy (non-hydrogen) atoms. The molecule has 0 N–H and O–H groups in total. The van der Waals surface area contributed by atoms with Crippen LogP contribution in [0.5, 0.6) is 0 Å². The molecule has 1 saturated heterocycles. The minimum atomic E-state index is 0.195. The Labute approximate surface area is 78.2 Å². The molecule has 68 valence electrons. The van der Waals surface area contributed by atoms with Crippen molar-refractivity contribution in [2.24, 2.45) is 5.92 Å². The number of para-hydroxylation sites is 1. The van der Waals surface area contributed by atoms with Crippen LogP contribution in [0.3, 0.4) is 0 Å². The molecular weight excluding hydrogens is 162 g/mol. The number of hydrogen-bond donors (Lipinski definition) is 0. The fourth-order valence-corrected chi connectivity index (χ4v) is 1.69. The Morgan fingerprint density at radius 3 is 2.54 bits per heavy atom. The van der Waals surface area contributed by atoms with Gasteiger partial charge in [-0.15, -0.1) is 0 Å². The van der Waals surface area contributed by atoms with Crippen molar-refractivity contribution in [3.63, 3.8) is 0 Å². The van der Waals surface area contributed by atoms with Crippen LogP contribution in [0, 0.1) is 5.92 Å². The summed E-state index contributed by atoms with van der Waals surface area (Å²) in [6.45, 7) is 2.86. The van der Waals surface area contributed by atoms with E-state index in [1.807, 2.05) is 42.2 Å². The summed E-state index contributed by atoms with van der Waals surface area (Å²) in [5, 5.41) is 0. The lowest BCUT2D eigenvalue weighted by Crippen LogP contribution is -2.25.